The van der Waals surface area contributed by atoms with Crippen molar-refractivity contribution in [1.29, 1.82) is 0 Å². The molecule has 3 N–H and O–H groups in total. The number of fused-ring (bicyclic) bond motifs is 1. The fraction of sp³-hybridized carbons (Fsp3) is 0.647. The zero-order valence-electron chi connectivity index (χ0n) is 15.1. The lowest BCUT2D eigenvalue weighted by Gasteiger charge is -2.19. The number of nitrogens with one attached hydrogen (secondary N) is 3. The second-order valence-electron chi connectivity index (χ2n) is 6.38. The van der Waals surface area contributed by atoms with Crippen LogP contribution in [0.3, 0.4) is 0 Å². The minimum atomic E-state index is -3.29. The summed E-state index contributed by atoms with van der Waals surface area (Å²) in [5.41, 5.74) is 2.13. The van der Waals surface area contributed by atoms with Crippen LogP contribution in [0.15, 0.2) is 0 Å². The van der Waals surface area contributed by atoms with Gasteiger partial charge in [-0.25, -0.2) is 23.1 Å². The van der Waals surface area contributed by atoms with E-state index in [2.05, 4.69) is 37.2 Å². The van der Waals surface area contributed by atoms with E-state index < -0.39 is 10.0 Å². The first-order valence-corrected chi connectivity index (χ1v) is 10.3. The first-order chi connectivity index (χ1) is 11.9. The van der Waals surface area contributed by atoms with Crippen molar-refractivity contribution in [2.24, 2.45) is 0 Å². The summed E-state index contributed by atoms with van der Waals surface area (Å²) in [6.07, 6.45) is 4.04. The van der Waals surface area contributed by atoms with E-state index >= 15 is 0 Å². The molecule has 0 atom stereocenters. The molecule has 1 aliphatic rings. The van der Waals surface area contributed by atoms with Gasteiger partial charge in [0.05, 0.1) is 18.0 Å². The van der Waals surface area contributed by atoms with Crippen molar-refractivity contribution in [3.05, 3.63) is 17.1 Å². The normalized spacial score (nSPS) is 13.9. The lowest BCUT2D eigenvalue weighted by atomic mass is 9.96. The Morgan fingerprint density at radius 2 is 1.96 bits per heavy atom. The van der Waals surface area contributed by atoms with Crippen molar-refractivity contribution >= 4 is 15.8 Å². The summed E-state index contributed by atoms with van der Waals surface area (Å²) in [5, 5.41) is 6.14. The number of hydrogen-bond acceptors (Lipinski definition) is 6. The number of anilines is 1. The van der Waals surface area contributed by atoms with Crippen molar-refractivity contribution in [3.8, 4) is 11.8 Å². The predicted molar refractivity (Wildman–Crippen MR) is 100 cm³/mol. The van der Waals surface area contributed by atoms with E-state index in [4.69, 9.17) is 0 Å². The quantitative estimate of drug-likeness (QED) is 0.615. The molecule has 1 aromatic heterocycles. The molecule has 0 saturated heterocycles. The second-order valence-corrected chi connectivity index (χ2v) is 8.25. The van der Waals surface area contributed by atoms with Gasteiger partial charge in [-0.1, -0.05) is 5.92 Å². The van der Waals surface area contributed by atoms with Gasteiger partial charge in [0, 0.05) is 18.2 Å². The van der Waals surface area contributed by atoms with Gasteiger partial charge < -0.3 is 10.6 Å². The van der Waals surface area contributed by atoms with Gasteiger partial charge in [0.25, 0.3) is 0 Å². The average Bonchev–Trinajstić information content (AvgIpc) is 2.53. The highest BCUT2D eigenvalue weighted by Gasteiger charge is 2.18. The number of aromatic nitrogens is 2. The van der Waals surface area contributed by atoms with Gasteiger partial charge in [-0.15, -0.1) is 0 Å². The topological polar surface area (TPSA) is 96.0 Å². The fourth-order valence-corrected chi connectivity index (χ4v) is 3.94. The maximum absolute atomic E-state index is 11.9. The maximum Gasteiger partial charge on any atom is 0.213 e. The van der Waals surface area contributed by atoms with Crippen LogP contribution in [0.25, 0.3) is 0 Å². The summed E-state index contributed by atoms with van der Waals surface area (Å²) in [6.45, 7) is 4.49. The monoisotopic (exact) mass is 365 g/mol. The Morgan fingerprint density at radius 1 is 1.20 bits per heavy atom. The predicted octanol–water partition coefficient (Wildman–Crippen LogP) is 0.666. The van der Waals surface area contributed by atoms with Crippen molar-refractivity contribution in [2.45, 2.75) is 45.6 Å². The van der Waals surface area contributed by atoms with Crippen molar-refractivity contribution < 1.29 is 8.42 Å². The van der Waals surface area contributed by atoms with Crippen LogP contribution in [0.2, 0.25) is 0 Å². The van der Waals surface area contributed by atoms with E-state index in [1.165, 1.54) is 0 Å². The van der Waals surface area contributed by atoms with Crippen LogP contribution < -0.4 is 15.4 Å². The van der Waals surface area contributed by atoms with Crippen LogP contribution >= 0.6 is 0 Å². The average molecular weight is 366 g/mol. The summed E-state index contributed by atoms with van der Waals surface area (Å²) < 4.78 is 26.5. The molecule has 8 heteroatoms. The molecule has 0 fully saturated rings. The van der Waals surface area contributed by atoms with E-state index in [1.807, 2.05) is 20.9 Å². The van der Waals surface area contributed by atoms with Gasteiger partial charge in [0.15, 0.2) is 0 Å². The number of aryl methyl sites for hydroxylation is 1. The van der Waals surface area contributed by atoms with E-state index in [1.54, 1.807) is 0 Å². The van der Waals surface area contributed by atoms with Crippen molar-refractivity contribution in [2.75, 3.05) is 31.2 Å². The third-order valence-electron chi connectivity index (χ3n) is 3.73. The highest BCUT2D eigenvalue weighted by atomic mass is 32.2. The molecule has 1 aliphatic carbocycles. The molecular weight excluding hydrogens is 338 g/mol. The Morgan fingerprint density at radius 3 is 2.68 bits per heavy atom. The number of hydrogen-bond donors (Lipinski definition) is 3. The number of rotatable bonds is 7. The Kier molecular flexibility index (Phi) is 7.17. The van der Waals surface area contributed by atoms with Crippen LogP contribution in [0.1, 0.15) is 43.8 Å². The summed E-state index contributed by atoms with van der Waals surface area (Å²) in [6, 6.07) is -0.106. The summed E-state index contributed by atoms with van der Waals surface area (Å²) in [7, 11) is -1.46. The third-order valence-corrected chi connectivity index (χ3v) is 5.30. The molecular formula is C17H27N5O2S. The summed E-state index contributed by atoms with van der Waals surface area (Å²) in [4.78, 5) is 9.06. The molecule has 0 aromatic carbocycles. The molecule has 2 rings (SSSR count). The van der Waals surface area contributed by atoms with E-state index in [9.17, 15) is 8.42 Å². The number of nitrogens with zero attached hydrogens (tertiary/aromatic N) is 2. The molecule has 1 aromatic rings. The van der Waals surface area contributed by atoms with Gasteiger partial charge in [-0.05, 0) is 52.5 Å². The Balaban J connectivity index is 2.13. The number of sulfonamides is 1. The SMILES string of the molecule is CNCC#Cc1nc2c(c(NCCS(=O)(=O)NC(C)C)n1)CCCC2. The molecule has 0 saturated carbocycles. The fourth-order valence-electron chi connectivity index (χ4n) is 2.73. The first kappa shape index (κ1) is 19.6. The molecule has 0 bridgehead atoms. The minimum Gasteiger partial charge on any atom is -0.369 e. The largest absolute Gasteiger partial charge is 0.369 e. The van der Waals surface area contributed by atoms with Crippen molar-refractivity contribution in [1.82, 2.24) is 20.0 Å². The molecule has 0 unspecified atom stereocenters. The van der Waals surface area contributed by atoms with E-state index in [0.717, 1.165) is 42.8 Å². The smallest absolute Gasteiger partial charge is 0.213 e. The molecule has 25 heavy (non-hydrogen) atoms. The van der Waals surface area contributed by atoms with Gasteiger partial charge in [0.2, 0.25) is 15.8 Å². The molecule has 0 spiro atoms. The molecule has 0 aliphatic heterocycles. The summed E-state index contributed by atoms with van der Waals surface area (Å²) >= 11 is 0. The minimum absolute atomic E-state index is 0.00469. The first-order valence-electron chi connectivity index (χ1n) is 8.68. The molecule has 1 heterocycles. The molecule has 0 amide bonds. The van der Waals surface area contributed by atoms with Gasteiger partial charge >= 0.3 is 0 Å². The zero-order valence-corrected chi connectivity index (χ0v) is 16.0. The van der Waals surface area contributed by atoms with Crippen LogP contribution in [0, 0.1) is 11.8 Å². The Hall–Kier alpha value is -1.69. The van der Waals surface area contributed by atoms with Crippen LogP contribution in [0.5, 0.6) is 0 Å². The highest BCUT2D eigenvalue weighted by Crippen LogP contribution is 2.25. The second kappa shape index (κ2) is 9.13. The maximum atomic E-state index is 11.9. The Labute approximate surface area is 150 Å². The van der Waals surface area contributed by atoms with E-state index in [-0.39, 0.29) is 11.8 Å². The third kappa shape index (κ3) is 6.27. The van der Waals surface area contributed by atoms with Gasteiger partial charge in [0.1, 0.15) is 5.82 Å². The molecule has 138 valence electrons. The van der Waals surface area contributed by atoms with Crippen LogP contribution in [0.4, 0.5) is 5.82 Å². The Bertz CT molecular complexity index is 750. The molecule has 7 nitrogen and oxygen atoms in total. The molecule has 0 radical (unpaired) electrons. The summed E-state index contributed by atoms with van der Waals surface area (Å²) in [5.74, 6) is 7.14. The lowest BCUT2D eigenvalue weighted by Crippen LogP contribution is -2.34. The van der Waals surface area contributed by atoms with Gasteiger partial charge in [-0.3, -0.25) is 0 Å². The van der Waals surface area contributed by atoms with Crippen molar-refractivity contribution in [3.63, 3.8) is 0 Å². The van der Waals surface area contributed by atoms with Crippen LogP contribution in [-0.2, 0) is 22.9 Å². The standard InChI is InChI=1S/C17H27N5O2S/c1-13(2)22-25(23,24)12-11-19-17-14-7-4-5-8-15(14)20-16(21-17)9-6-10-18-3/h13,18,22H,4-5,7-8,10-12H2,1-3H3,(H,19,20,21). The van der Waals surface area contributed by atoms with E-state index in [0.29, 0.717) is 18.9 Å². The van der Waals surface area contributed by atoms with Crippen LogP contribution in [-0.4, -0.2) is 50.3 Å². The zero-order chi connectivity index (χ0) is 18.3. The van der Waals surface area contributed by atoms with Gasteiger partial charge in [-0.2, -0.15) is 0 Å². The highest BCUT2D eigenvalue weighted by molar-refractivity contribution is 7.89. The lowest BCUT2D eigenvalue weighted by molar-refractivity contribution is 0.570.